The molecule has 3 heteroatoms. The maximum atomic E-state index is 9.38. The maximum Gasteiger partial charge on any atom is 0.178 e. The Kier molecular flexibility index (Phi) is 2.91. The number of ether oxygens (including phenoxy) is 1. The van der Waals surface area contributed by atoms with Gasteiger partial charge in [-0.1, -0.05) is 12.1 Å². The average molecular weight is 249 g/mol. The summed E-state index contributed by atoms with van der Waals surface area (Å²) < 4.78 is 5.71. The third-order valence-corrected chi connectivity index (χ3v) is 2.71. The van der Waals surface area contributed by atoms with Crippen LogP contribution in [-0.4, -0.2) is 16.2 Å². The van der Waals surface area contributed by atoms with Crippen LogP contribution in [0.5, 0.6) is 11.5 Å². The molecule has 1 aromatic heterocycles. The molecule has 0 bridgehead atoms. The standard InChI is InChI=1S/C16H11NO2/c18-14-6-9-16-12(11-14)4-7-15(19-16)8-5-13-3-1-2-10-17-13/h1-4,6-7,9-11,15,18H. The Bertz CT molecular complexity index is 681. The minimum Gasteiger partial charge on any atom is -0.508 e. The van der Waals surface area contributed by atoms with E-state index in [1.165, 1.54) is 0 Å². The van der Waals surface area contributed by atoms with Crippen LogP contribution in [0.2, 0.25) is 0 Å². The van der Waals surface area contributed by atoms with E-state index in [1.807, 2.05) is 30.4 Å². The quantitative estimate of drug-likeness (QED) is 0.730. The molecule has 0 saturated carbocycles. The van der Waals surface area contributed by atoms with Crippen molar-refractivity contribution in [2.24, 2.45) is 0 Å². The molecule has 0 saturated heterocycles. The fourth-order valence-electron chi connectivity index (χ4n) is 1.80. The van der Waals surface area contributed by atoms with Crippen molar-refractivity contribution in [2.45, 2.75) is 6.10 Å². The molecule has 1 aromatic carbocycles. The van der Waals surface area contributed by atoms with E-state index >= 15 is 0 Å². The number of phenols is 1. The van der Waals surface area contributed by atoms with Crippen LogP contribution >= 0.6 is 0 Å². The topological polar surface area (TPSA) is 42.4 Å². The molecule has 0 spiro atoms. The number of nitrogens with zero attached hydrogens (tertiary/aromatic N) is 1. The van der Waals surface area contributed by atoms with Gasteiger partial charge in [0, 0.05) is 11.8 Å². The van der Waals surface area contributed by atoms with Gasteiger partial charge in [0.1, 0.15) is 17.2 Å². The van der Waals surface area contributed by atoms with Crippen LogP contribution in [0.25, 0.3) is 6.08 Å². The molecule has 1 atom stereocenters. The smallest absolute Gasteiger partial charge is 0.178 e. The van der Waals surface area contributed by atoms with Crippen molar-refractivity contribution in [3.05, 3.63) is 59.9 Å². The largest absolute Gasteiger partial charge is 0.508 e. The summed E-state index contributed by atoms with van der Waals surface area (Å²) in [7, 11) is 0. The van der Waals surface area contributed by atoms with Crippen molar-refractivity contribution in [2.75, 3.05) is 0 Å². The van der Waals surface area contributed by atoms with Gasteiger partial charge in [0.05, 0.1) is 0 Å². The molecule has 1 aliphatic rings. The number of hydrogen-bond donors (Lipinski definition) is 1. The maximum absolute atomic E-state index is 9.38. The Morgan fingerprint density at radius 2 is 2.16 bits per heavy atom. The Morgan fingerprint density at radius 1 is 1.21 bits per heavy atom. The highest BCUT2D eigenvalue weighted by Crippen LogP contribution is 2.28. The van der Waals surface area contributed by atoms with Gasteiger partial charge in [0.2, 0.25) is 0 Å². The first kappa shape index (κ1) is 11.4. The lowest BCUT2D eigenvalue weighted by atomic mass is 10.1. The van der Waals surface area contributed by atoms with Gasteiger partial charge in [-0.25, -0.2) is 4.98 Å². The second-order valence-electron chi connectivity index (χ2n) is 4.10. The van der Waals surface area contributed by atoms with Crippen LogP contribution in [0.1, 0.15) is 11.3 Å². The highest BCUT2D eigenvalue weighted by Gasteiger charge is 2.12. The first-order chi connectivity index (χ1) is 9.31. The molecule has 0 fully saturated rings. The van der Waals surface area contributed by atoms with Crippen molar-refractivity contribution in [3.63, 3.8) is 0 Å². The summed E-state index contributed by atoms with van der Waals surface area (Å²) in [4.78, 5) is 4.13. The number of fused-ring (bicyclic) bond motifs is 1. The number of hydrogen-bond acceptors (Lipinski definition) is 3. The highest BCUT2D eigenvalue weighted by molar-refractivity contribution is 5.62. The molecule has 0 radical (unpaired) electrons. The third kappa shape index (κ3) is 2.58. The average Bonchev–Trinajstić information content (AvgIpc) is 2.46. The van der Waals surface area contributed by atoms with Gasteiger partial charge in [-0.05, 0) is 48.2 Å². The van der Waals surface area contributed by atoms with E-state index in [9.17, 15) is 5.11 Å². The molecule has 0 amide bonds. The minimum absolute atomic E-state index is 0.227. The van der Waals surface area contributed by atoms with Crippen LogP contribution in [0.15, 0.2) is 48.7 Å². The zero-order chi connectivity index (χ0) is 13.1. The molecule has 2 aromatic rings. The Morgan fingerprint density at radius 3 is 3.00 bits per heavy atom. The number of rotatable bonds is 0. The zero-order valence-corrected chi connectivity index (χ0v) is 10.1. The summed E-state index contributed by atoms with van der Waals surface area (Å²) in [5.41, 5.74) is 1.58. The molecular weight excluding hydrogens is 238 g/mol. The van der Waals surface area contributed by atoms with Gasteiger partial charge < -0.3 is 9.84 Å². The molecule has 92 valence electrons. The molecule has 1 aliphatic heterocycles. The van der Waals surface area contributed by atoms with E-state index in [0.29, 0.717) is 0 Å². The van der Waals surface area contributed by atoms with Crippen molar-refractivity contribution < 1.29 is 9.84 Å². The van der Waals surface area contributed by atoms with Crippen molar-refractivity contribution in [1.29, 1.82) is 0 Å². The van der Waals surface area contributed by atoms with Crippen LogP contribution in [0, 0.1) is 11.8 Å². The van der Waals surface area contributed by atoms with Gasteiger partial charge in [0.15, 0.2) is 6.10 Å². The lowest BCUT2D eigenvalue weighted by molar-refractivity contribution is 0.300. The number of pyridine rings is 1. The lowest BCUT2D eigenvalue weighted by Crippen LogP contribution is -2.14. The molecule has 0 aliphatic carbocycles. The lowest BCUT2D eigenvalue weighted by Gasteiger charge is -2.17. The summed E-state index contributed by atoms with van der Waals surface area (Å²) in [6, 6.07) is 10.6. The zero-order valence-electron chi connectivity index (χ0n) is 10.1. The van der Waals surface area contributed by atoms with Crippen LogP contribution in [0.3, 0.4) is 0 Å². The van der Waals surface area contributed by atoms with Crippen LogP contribution in [-0.2, 0) is 0 Å². The van der Waals surface area contributed by atoms with Crippen molar-refractivity contribution in [3.8, 4) is 23.3 Å². The molecule has 3 nitrogen and oxygen atoms in total. The number of aromatic hydroxyl groups is 1. The van der Waals surface area contributed by atoms with E-state index in [0.717, 1.165) is 17.0 Å². The summed E-state index contributed by atoms with van der Waals surface area (Å²) >= 11 is 0. The molecule has 1 unspecified atom stereocenters. The van der Waals surface area contributed by atoms with E-state index in [1.54, 1.807) is 24.4 Å². The number of aromatic nitrogens is 1. The molecular formula is C16H11NO2. The van der Waals surface area contributed by atoms with Gasteiger partial charge in [-0.15, -0.1) is 0 Å². The fraction of sp³-hybridized carbons (Fsp3) is 0.0625. The normalized spacial score (nSPS) is 15.9. The number of phenolic OH excluding ortho intramolecular Hbond substituents is 1. The monoisotopic (exact) mass is 249 g/mol. The van der Waals surface area contributed by atoms with Gasteiger partial charge in [-0.2, -0.15) is 0 Å². The molecule has 19 heavy (non-hydrogen) atoms. The Hall–Kier alpha value is -2.73. The van der Waals surface area contributed by atoms with E-state index < -0.39 is 0 Å². The minimum atomic E-state index is -0.293. The Labute approximate surface area is 111 Å². The van der Waals surface area contributed by atoms with Crippen LogP contribution < -0.4 is 4.74 Å². The van der Waals surface area contributed by atoms with Gasteiger partial charge in [-0.3, -0.25) is 0 Å². The van der Waals surface area contributed by atoms with E-state index in [2.05, 4.69) is 16.8 Å². The number of benzene rings is 1. The Balaban J connectivity index is 1.81. The SMILES string of the molecule is Oc1ccc2c(c1)C=CC(C#Cc1ccccn1)O2. The summed E-state index contributed by atoms with van der Waals surface area (Å²) in [6.45, 7) is 0. The molecule has 2 heterocycles. The predicted molar refractivity (Wildman–Crippen MR) is 72.7 cm³/mol. The predicted octanol–water partition coefficient (Wildman–Crippen LogP) is 2.61. The third-order valence-electron chi connectivity index (χ3n) is 2.71. The second kappa shape index (κ2) is 4.87. The molecule has 3 rings (SSSR count). The summed E-state index contributed by atoms with van der Waals surface area (Å²) in [6.07, 6.45) is 5.17. The molecule has 1 N–H and O–H groups in total. The van der Waals surface area contributed by atoms with Crippen molar-refractivity contribution >= 4 is 6.08 Å². The first-order valence-electron chi connectivity index (χ1n) is 5.92. The fourth-order valence-corrected chi connectivity index (χ4v) is 1.80. The summed E-state index contributed by atoms with van der Waals surface area (Å²) in [5.74, 6) is 6.93. The van der Waals surface area contributed by atoms with E-state index in [-0.39, 0.29) is 11.9 Å². The van der Waals surface area contributed by atoms with Gasteiger partial charge in [0.25, 0.3) is 0 Å². The second-order valence-corrected chi connectivity index (χ2v) is 4.10. The van der Waals surface area contributed by atoms with Crippen LogP contribution in [0.4, 0.5) is 0 Å². The first-order valence-corrected chi connectivity index (χ1v) is 5.92. The summed E-state index contributed by atoms with van der Waals surface area (Å²) in [5, 5.41) is 9.38. The van der Waals surface area contributed by atoms with Gasteiger partial charge >= 0.3 is 0 Å². The van der Waals surface area contributed by atoms with Crippen molar-refractivity contribution in [1.82, 2.24) is 4.98 Å². The highest BCUT2D eigenvalue weighted by atomic mass is 16.5. The van der Waals surface area contributed by atoms with E-state index in [4.69, 9.17) is 4.74 Å².